The molecular weight excluding hydrogens is 314 g/mol. The van der Waals surface area contributed by atoms with Gasteiger partial charge in [-0.15, -0.1) is 0 Å². The number of carbonyl (C=O) groups excluding carboxylic acids is 1. The van der Waals surface area contributed by atoms with E-state index in [2.05, 4.69) is 11.4 Å². The van der Waals surface area contributed by atoms with Crippen molar-refractivity contribution in [3.8, 4) is 11.5 Å². The van der Waals surface area contributed by atoms with Gasteiger partial charge in [0.25, 0.3) is 5.91 Å². The first kappa shape index (κ1) is 18.8. The molecule has 0 unspecified atom stereocenters. The second-order valence-electron chi connectivity index (χ2n) is 6.01. The SMILES string of the molecule is CCOc1ccccc1CCCNC(=O)[C@@H](C)Oc1cccc(C)c1. The first-order valence-corrected chi connectivity index (χ1v) is 8.82. The first-order valence-electron chi connectivity index (χ1n) is 8.82. The zero-order valence-electron chi connectivity index (χ0n) is 15.2. The van der Waals surface area contributed by atoms with Crippen LogP contribution in [-0.2, 0) is 11.2 Å². The monoisotopic (exact) mass is 341 g/mol. The molecule has 0 aromatic heterocycles. The van der Waals surface area contributed by atoms with Crippen LogP contribution in [0.15, 0.2) is 48.5 Å². The molecule has 25 heavy (non-hydrogen) atoms. The molecule has 4 nitrogen and oxygen atoms in total. The van der Waals surface area contributed by atoms with Gasteiger partial charge in [-0.2, -0.15) is 0 Å². The highest BCUT2D eigenvalue weighted by atomic mass is 16.5. The highest BCUT2D eigenvalue weighted by Gasteiger charge is 2.14. The number of amides is 1. The number of carbonyl (C=O) groups is 1. The summed E-state index contributed by atoms with van der Waals surface area (Å²) in [6, 6.07) is 15.7. The number of aryl methyl sites for hydroxylation is 2. The van der Waals surface area contributed by atoms with Crippen molar-refractivity contribution in [3.63, 3.8) is 0 Å². The van der Waals surface area contributed by atoms with E-state index in [4.69, 9.17) is 9.47 Å². The van der Waals surface area contributed by atoms with Crippen molar-refractivity contribution >= 4 is 5.91 Å². The van der Waals surface area contributed by atoms with Crippen molar-refractivity contribution in [1.29, 1.82) is 0 Å². The molecule has 0 radical (unpaired) electrons. The largest absolute Gasteiger partial charge is 0.494 e. The number of para-hydroxylation sites is 1. The number of hydrogen-bond acceptors (Lipinski definition) is 3. The fourth-order valence-corrected chi connectivity index (χ4v) is 2.59. The summed E-state index contributed by atoms with van der Waals surface area (Å²) in [7, 11) is 0. The Bertz CT molecular complexity index is 684. The lowest BCUT2D eigenvalue weighted by molar-refractivity contribution is -0.127. The van der Waals surface area contributed by atoms with Crippen molar-refractivity contribution in [2.24, 2.45) is 0 Å². The van der Waals surface area contributed by atoms with Crippen LogP contribution in [0.25, 0.3) is 0 Å². The first-order chi connectivity index (χ1) is 12.1. The zero-order chi connectivity index (χ0) is 18.1. The lowest BCUT2D eigenvalue weighted by Gasteiger charge is -2.15. The molecule has 1 N–H and O–H groups in total. The minimum Gasteiger partial charge on any atom is -0.494 e. The normalized spacial score (nSPS) is 11.6. The van der Waals surface area contributed by atoms with Gasteiger partial charge in [0.05, 0.1) is 6.61 Å². The third-order valence-corrected chi connectivity index (χ3v) is 3.87. The van der Waals surface area contributed by atoms with E-state index in [9.17, 15) is 4.79 Å². The average molecular weight is 341 g/mol. The molecule has 1 amide bonds. The number of hydrogen-bond donors (Lipinski definition) is 1. The van der Waals surface area contributed by atoms with Crippen LogP contribution in [0.2, 0.25) is 0 Å². The Hall–Kier alpha value is -2.49. The van der Waals surface area contributed by atoms with E-state index in [-0.39, 0.29) is 5.91 Å². The molecule has 0 heterocycles. The van der Waals surface area contributed by atoms with Gasteiger partial charge < -0.3 is 14.8 Å². The van der Waals surface area contributed by atoms with Gasteiger partial charge in [0.1, 0.15) is 11.5 Å². The molecule has 0 bridgehead atoms. The Balaban J connectivity index is 1.75. The summed E-state index contributed by atoms with van der Waals surface area (Å²) in [6.07, 6.45) is 1.20. The maximum absolute atomic E-state index is 12.2. The van der Waals surface area contributed by atoms with E-state index in [1.165, 1.54) is 5.56 Å². The average Bonchev–Trinajstić information content (AvgIpc) is 2.60. The van der Waals surface area contributed by atoms with Crippen LogP contribution in [0.3, 0.4) is 0 Å². The third-order valence-electron chi connectivity index (χ3n) is 3.87. The zero-order valence-corrected chi connectivity index (χ0v) is 15.2. The van der Waals surface area contributed by atoms with Crippen molar-refractivity contribution < 1.29 is 14.3 Å². The lowest BCUT2D eigenvalue weighted by Crippen LogP contribution is -2.36. The van der Waals surface area contributed by atoms with E-state index >= 15 is 0 Å². The van der Waals surface area contributed by atoms with Gasteiger partial charge in [-0.3, -0.25) is 4.79 Å². The Morgan fingerprint density at radius 1 is 1.16 bits per heavy atom. The van der Waals surface area contributed by atoms with Gasteiger partial charge in [-0.05, 0) is 62.9 Å². The summed E-state index contributed by atoms with van der Waals surface area (Å²) < 4.78 is 11.3. The van der Waals surface area contributed by atoms with Crippen LogP contribution >= 0.6 is 0 Å². The van der Waals surface area contributed by atoms with Crippen LogP contribution in [0.4, 0.5) is 0 Å². The standard InChI is InChI=1S/C21H27NO3/c1-4-24-20-13-6-5-10-18(20)11-8-14-22-21(23)17(3)25-19-12-7-9-16(2)15-19/h5-7,9-10,12-13,15,17H,4,8,11,14H2,1-3H3,(H,22,23)/t17-/m1/s1. The van der Waals surface area contributed by atoms with Crippen LogP contribution in [0.1, 0.15) is 31.4 Å². The van der Waals surface area contributed by atoms with E-state index in [1.54, 1.807) is 6.92 Å². The highest BCUT2D eigenvalue weighted by Crippen LogP contribution is 2.19. The Morgan fingerprint density at radius 3 is 2.72 bits per heavy atom. The van der Waals surface area contributed by atoms with E-state index in [0.29, 0.717) is 18.9 Å². The molecule has 2 aromatic rings. The molecule has 4 heteroatoms. The molecule has 0 saturated heterocycles. The topological polar surface area (TPSA) is 47.6 Å². The Morgan fingerprint density at radius 2 is 1.96 bits per heavy atom. The summed E-state index contributed by atoms with van der Waals surface area (Å²) in [5, 5.41) is 2.93. The highest BCUT2D eigenvalue weighted by molar-refractivity contribution is 5.80. The smallest absolute Gasteiger partial charge is 0.260 e. The molecule has 1 atom stereocenters. The van der Waals surface area contributed by atoms with E-state index in [1.807, 2.05) is 56.3 Å². The molecular formula is C21H27NO3. The minimum absolute atomic E-state index is 0.0976. The van der Waals surface area contributed by atoms with Gasteiger partial charge in [0.2, 0.25) is 0 Å². The fraction of sp³-hybridized carbons (Fsp3) is 0.381. The van der Waals surface area contributed by atoms with Crippen LogP contribution < -0.4 is 14.8 Å². The molecule has 0 aliphatic carbocycles. The number of rotatable bonds is 9. The quantitative estimate of drug-likeness (QED) is 0.704. The van der Waals surface area contributed by atoms with Crippen LogP contribution in [0.5, 0.6) is 11.5 Å². The number of ether oxygens (including phenoxy) is 2. The van der Waals surface area contributed by atoms with Crippen LogP contribution in [-0.4, -0.2) is 25.2 Å². The summed E-state index contributed by atoms with van der Waals surface area (Å²) in [6.45, 7) is 7.01. The van der Waals surface area contributed by atoms with Crippen LogP contribution in [0, 0.1) is 6.92 Å². The van der Waals surface area contributed by atoms with Gasteiger partial charge in [-0.25, -0.2) is 0 Å². The number of nitrogens with one attached hydrogen (secondary N) is 1. The second kappa shape index (κ2) is 9.72. The summed E-state index contributed by atoms with van der Waals surface area (Å²) in [5.41, 5.74) is 2.28. The fourth-order valence-electron chi connectivity index (χ4n) is 2.59. The molecule has 2 rings (SSSR count). The summed E-state index contributed by atoms with van der Waals surface area (Å²) in [4.78, 5) is 12.2. The summed E-state index contributed by atoms with van der Waals surface area (Å²) in [5.74, 6) is 1.54. The molecule has 0 spiro atoms. The maximum Gasteiger partial charge on any atom is 0.260 e. The molecule has 0 saturated carbocycles. The predicted molar refractivity (Wildman–Crippen MR) is 100 cm³/mol. The van der Waals surface area contributed by atoms with E-state index < -0.39 is 6.10 Å². The van der Waals surface area contributed by atoms with Gasteiger partial charge in [-0.1, -0.05) is 30.3 Å². The van der Waals surface area contributed by atoms with Crippen molar-refractivity contribution in [2.45, 2.75) is 39.7 Å². The van der Waals surface area contributed by atoms with Crippen molar-refractivity contribution in [1.82, 2.24) is 5.32 Å². The van der Waals surface area contributed by atoms with Gasteiger partial charge in [0.15, 0.2) is 6.10 Å². The summed E-state index contributed by atoms with van der Waals surface area (Å²) >= 11 is 0. The predicted octanol–water partition coefficient (Wildman–Crippen LogP) is 3.91. The van der Waals surface area contributed by atoms with E-state index in [0.717, 1.165) is 24.2 Å². The number of benzene rings is 2. The van der Waals surface area contributed by atoms with Gasteiger partial charge >= 0.3 is 0 Å². The molecule has 2 aromatic carbocycles. The van der Waals surface area contributed by atoms with Gasteiger partial charge in [0, 0.05) is 6.54 Å². The molecule has 134 valence electrons. The lowest BCUT2D eigenvalue weighted by atomic mass is 10.1. The molecule has 0 aliphatic heterocycles. The second-order valence-corrected chi connectivity index (χ2v) is 6.01. The Labute approximate surface area is 150 Å². The maximum atomic E-state index is 12.2. The Kier molecular flexibility index (Phi) is 7.33. The van der Waals surface area contributed by atoms with Crippen molar-refractivity contribution in [3.05, 3.63) is 59.7 Å². The van der Waals surface area contributed by atoms with Crippen molar-refractivity contribution in [2.75, 3.05) is 13.2 Å². The molecule has 0 fully saturated rings. The third kappa shape index (κ3) is 6.14. The molecule has 0 aliphatic rings. The minimum atomic E-state index is -0.516.